The Morgan fingerprint density at radius 3 is 1.86 bits per heavy atom. The van der Waals surface area contributed by atoms with Crippen LogP contribution in [-0.4, -0.2) is 32.3 Å². The van der Waals surface area contributed by atoms with Crippen LogP contribution in [0.15, 0.2) is 36.4 Å². The van der Waals surface area contributed by atoms with Crippen LogP contribution < -0.4 is 5.32 Å². The maximum atomic E-state index is 11.9. The second kappa shape index (κ2) is 5.41. The number of carboxylic acids is 1. The van der Waals surface area contributed by atoms with E-state index in [-0.39, 0.29) is 11.1 Å². The van der Waals surface area contributed by atoms with Gasteiger partial charge in [-0.05, 0) is 36.4 Å². The molecule has 7 nitrogen and oxygen atoms in total. The number of anilines is 1. The highest BCUT2D eigenvalue weighted by molar-refractivity contribution is 6.05. The fourth-order valence-corrected chi connectivity index (χ4v) is 1.63. The predicted molar refractivity (Wildman–Crippen MR) is 72.8 cm³/mol. The van der Waals surface area contributed by atoms with Crippen LogP contribution in [0.3, 0.4) is 0 Å². The molecule has 0 atom stereocenters. The van der Waals surface area contributed by atoms with E-state index in [1.165, 1.54) is 24.3 Å². The molecule has 2 aromatic rings. The zero-order chi connectivity index (χ0) is 15.6. The summed E-state index contributed by atoms with van der Waals surface area (Å²) in [6.45, 7) is 0. The van der Waals surface area contributed by atoms with Crippen LogP contribution in [0.2, 0.25) is 0 Å². The van der Waals surface area contributed by atoms with Gasteiger partial charge >= 0.3 is 5.97 Å². The van der Waals surface area contributed by atoms with Crippen molar-refractivity contribution in [2.24, 2.45) is 0 Å². The summed E-state index contributed by atoms with van der Waals surface area (Å²) in [7, 11) is 0. The Balaban J connectivity index is 2.20. The SMILES string of the molecule is O=C(O)c1ccc(NC(=O)c2cc(O)c(O)c(O)c2)cc1. The van der Waals surface area contributed by atoms with Gasteiger partial charge in [0.25, 0.3) is 5.91 Å². The molecule has 0 aliphatic carbocycles. The fraction of sp³-hybridized carbons (Fsp3) is 0. The first-order valence-electron chi connectivity index (χ1n) is 5.78. The average molecular weight is 289 g/mol. The monoisotopic (exact) mass is 289 g/mol. The quantitative estimate of drug-likeness (QED) is 0.548. The Hall–Kier alpha value is -3.22. The minimum absolute atomic E-state index is 0.0647. The van der Waals surface area contributed by atoms with Gasteiger partial charge in [0.15, 0.2) is 17.2 Å². The van der Waals surface area contributed by atoms with Crippen LogP contribution in [0.4, 0.5) is 5.69 Å². The standard InChI is InChI=1S/C14H11NO6/c16-10-5-8(6-11(17)12(10)18)13(19)15-9-3-1-7(2-4-9)14(20)21/h1-6,16-18H,(H,15,19)(H,20,21). The number of carbonyl (C=O) groups is 2. The molecule has 5 N–H and O–H groups in total. The van der Waals surface area contributed by atoms with Crippen molar-refractivity contribution in [3.05, 3.63) is 47.5 Å². The number of benzene rings is 2. The summed E-state index contributed by atoms with van der Waals surface area (Å²) >= 11 is 0. The van der Waals surface area contributed by atoms with Crippen LogP contribution in [0, 0.1) is 0 Å². The third kappa shape index (κ3) is 3.03. The minimum atomic E-state index is -1.08. The van der Waals surface area contributed by atoms with Gasteiger partial charge in [-0.25, -0.2) is 4.79 Å². The zero-order valence-corrected chi connectivity index (χ0v) is 10.6. The van der Waals surface area contributed by atoms with Crippen LogP contribution in [-0.2, 0) is 0 Å². The van der Waals surface area contributed by atoms with E-state index in [0.717, 1.165) is 12.1 Å². The second-order valence-corrected chi connectivity index (χ2v) is 4.20. The van der Waals surface area contributed by atoms with Crippen molar-refractivity contribution in [1.29, 1.82) is 0 Å². The molecule has 0 bridgehead atoms. The van der Waals surface area contributed by atoms with Gasteiger partial charge in [0.05, 0.1) is 5.56 Å². The lowest BCUT2D eigenvalue weighted by Crippen LogP contribution is -2.11. The molecule has 0 aliphatic heterocycles. The first-order valence-corrected chi connectivity index (χ1v) is 5.78. The van der Waals surface area contributed by atoms with E-state index >= 15 is 0 Å². The number of nitrogens with one attached hydrogen (secondary N) is 1. The number of aromatic carboxylic acids is 1. The molecule has 108 valence electrons. The van der Waals surface area contributed by atoms with Crippen LogP contribution in [0.5, 0.6) is 17.2 Å². The summed E-state index contributed by atoms with van der Waals surface area (Å²) in [5, 5.41) is 39.1. The fourth-order valence-electron chi connectivity index (χ4n) is 1.63. The summed E-state index contributed by atoms with van der Waals surface area (Å²) in [5.41, 5.74) is 0.357. The molecule has 2 aromatic carbocycles. The summed E-state index contributed by atoms with van der Waals surface area (Å²) in [5.74, 6) is -3.68. The summed E-state index contributed by atoms with van der Waals surface area (Å²) in [4.78, 5) is 22.6. The third-order valence-corrected chi connectivity index (χ3v) is 2.72. The summed E-state index contributed by atoms with van der Waals surface area (Å²) < 4.78 is 0. The first kappa shape index (κ1) is 14.2. The molecule has 0 heterocycles. The predicted octanol–water partition coefficient (Wildman–Crippen LogP) is 1.75. The Kier molecular flexibility index (Phi) is 3.66. The smallest absolute Gasteiger partial charge is 0.335 e. The number of hydrogen-bond acceptors (Lipinski definition) is 5. The second-order valence-electron chi connectivity index (χ2n) is 4.20. The van der Waals surface area contributed by atoms with E-state index in [4.69, 9.17) is 5.11 Å². The van der Waals surface area contributed by atoms with E-state index in [1.807, 2.05) is 0 Å². The molecule has 2 rings (SSSR count). The number of carbonyl (C=O) groups excluding carboxylic acids is 1. The number of amides is 1. The number of aromatic hydroxyl groups is 3. The Morgan fingerprint density at radius 1 is 0.857 bits per heavy atom. The molecular weight excluding hydrogens is 278 g/mol. The van der Waals surface area contributed by atoms with Crippen molar-refractivity contribution in [2.45, 2.75) is 0 Å². The van der Waals surface area contributed by atoms with Gasteiger partial charge in [0.1, 0.15) is 0 Å². The highest BCUT2D eigenvalue weighted by Gasteiger charge is 2.13. The maximum Gasteiger partial charge on any atom is 0.335 e. The molecule has 1 amide bonds. The van der Waals surface area contributed by atoms with E-state index in [1.54, 1.807) is 0 Å². The van der Waals surface area contributed by atoms with Crippen molar-refractivity contribution < 1.29 is 30.0 Å². The number of rotatable bonds is 3. The van der Waals surface area contributed by atoms with Gasteiger partial charge in [-0.15, -0.1) is 0 Å². The first-order chi connectivity index (χ1) is 9.88. The van der Waals surface area contributed by atoms with Crippen molar-refractivity contribution in [3.63, 3.8) is 0 Å². The zero-order valence-electron chi connectivity index (χ0n) is 10.6. The third-order valence-electron chi connectivity index (χ3n) is 2.72. The van der Waals surface area contributed by atoms with Crippen LogP contribution >= 0.6 is 0 Å². The molecular formula is C14H11NO6. The van der Waals surface area contributed by atoms with E-state index < -0.39 is 29.1 Å². The number of hydrogen-bond donors (Lipinski definition) is 5. The number of phenolic OH excluding ortho intramolecular Hbond substituents is 3. The molecule has 0 aliphatic rings. The van der Waals surface area contributed by atoms with Crippen LogP contribution in [0.1, 0.15) is 20.7 Å². The van der Waals surface area contributed by atoms with Gasteiger partial charge in [-0.3, -0.25) is 4.79 Å². The lowest BCUT2D eigenvalue weighted by Gasteiger charge is -2.07. The van der Waals surface area contributed by atoms with Crippen molar-refractivity contribution in [3.8, 4) is 17.2 Å². The normalized spacial score (nSPS) is 10.1. The number of carboxylic acid groups (broad SMARTS) is 1. The maximum absolute atomic E-state index is 11.9. The molecule has 0 spiro atoms. The summed E-state index contributed by atoms with van der Waals surface area (Å²) in [6, 6.07) is 7.45. The molecule has 21 heavy (non-hydrogen) atoms. The van der Waals surface area contributed by atoms with Gasteiger partial charge in [0, 0.05) is 11.3 Å². The topological polar surface area (TPSA) is 127 Å². The van der Waals surface area contributed by atoms with Gasteiger partial charge in [0.2, 0.25) is 0 Å². The van der Waals surface area contributed by atoms with Crippen LogP contribution in [0.25, 0.3) is 0 Å². The lowest BCUT2D eigenvalue weighted by molar-refractivity contribution is 0.0696. The molecule has 0 saturated carbocycles. The lowest BCUT2D eigenvalue weighted by atomic mass is 10.1. The summed E-state index contributed by atoms with van der Waals surface area (Å²) in [6.07, 6.45) is 0. The Bertz CT molecular complexity index is 685. The van der Waals surface area contributed by atoms with Crippen molar-refractivity contribution in [1.82, 2.24) is 0 Å². The van der Waals surface area contributed by atoms with E-state index in [9.17, 15) is 24.9 Å². The largest absolute Gasteiger partial charge is 0.504 e. The van der Waals surface area contributed by atoms with E-state index in [2.05, 4.69) is 5.32 Å². The minimum Gasteiger partial charge on any atom is -0.504 e. The van der Waals surface area contributed by atoms with Crippen molar-refractivity contribution >= 4 is 17.6 Å². The van der Waals surface area contributed by atoms with Crippen molar-refractivity contribution in [2.75, 3.05) is 5.32 Å². The number of phenols is 3. The molecule has 0 unspecified atom stereocenters. The molecule has 0 saturated heterocycles. The van der Waals surface area contributed by atoms with E-state index in [0.29, 0.717) is 5.69 Å². The highest BCUT2D eigenvalue weighted by Crippen LogP contribution is 2.35. The molecule has 7 heteroatoms. The van der Waals surface area contributed by atoms with Gasteiger partial charge in [-0.2, -0.15) is 0 Å². The molecule has 0 radical (unpaired) electrons. The average Bonchev–Trinajstić information content (AvgIpc) is 2.44. The highest BCUT2D eigenvalue weighted by atomic mass is 16.4. The molecule has 0 fully saturated rings. The van der Waals surface area contributed by atoms with Gasteiger partial charge < -0.3 is 25.7 Å². The Labute approximate surface area is 118 Å². The molecule has 0 aromatic heterocycles. The van der Waals surface area contributed by atoms with Gasteiger partial charge in [-0.1, -0.05) is 0 Å². The Morgan fingerprint density at radius 2 is 1.38 bits per heavy atom.